The zero-order valence-corrected chi connectivity index (χ0v) is 39.1. The molecule has 3 heterocycles. The Bertz CT molecular complexity index is 1650. The molecule has 12 N–H and O–H groups in total. The van der Waals surface area contributed by atoms with E-state index < -0.39 is 133 Å². The van der Waals surface area contributed by atoms with Crippen molar-refractivity contribution in [3.05, 3.63) is 11.6 Å². The van der Waals surface area contributed by atoms with Gasteiger partial charge in [-0.25, -0.2) is 0 Å². The average molecular weight is 933 g/mol. The minimum Gasteiger partial charge on any atom is -0.396 e. The quantitative estimate of drug-likeness (QED) is 0.0825. The summed E-state index contributed by atoms with van der Waals surface area (Å²) in [5.74, 6) is -0.664. The molecule has 4 aliphatic carbocycles. The number of hydrogen-bond donors (Lipinski definition) is 12. The predicted octanol–water partition coefficient (Wildman–Crippen LogP) is -0.415. The molecule has 0 aromatic rings. The van der Waals surface area contributed by atoms with Crippen LogP contribution in [0, 0.1) is 45.3 Å². The van der Waals surface area contributed by atoms with Crippen LogP contribution in [0.5, 0.6) is 0 Å². The van der Waals surface area contributed by atoms with E-state index in [0.717, 1.165) is 24.8 Å². The van der Waals surface area contributed by atoms with Crippen LogP contribution in [0.3, 0.4) is 0 Å². The molecule has 0 bridgehead atoms. The second-order valence-electron chi connectivity index (χ2n) is 22.4. The average Bonchev–Trinajstić information content (AvgIpc) is 3.65. The Morgan fingerprint density at radius 2 is 1.29 bits per heavy atom. The summed E-state index contributed by atoms with van der Waals surface area (Å²) >= 11 is 0. The van der Waals surface area contributed by atoms with Gasteiger partial charge in [0.2, 0.25) is 0 Å². The van der Waals surface area contributed by atoms with Crippen molar-refractivity contribution in [3.8, 4) is 0 Å². The Morgan fingerprint density at radius 1 is 0.677 bits per heavy atom. The maximum atomic E-state index is 12.7. The SMILES string of the molecule is CC(C)=CCC[C@](C)(O[C@H]1O[C@@H](CO[C@H]2OC[C@@H](O)[C@H](O)[C@H]2O)[C@@H](O)[C@H](O)[C@H]1O)[C@@H]1CC[C@]2(C)[C@H]1[C@H](O)C[C@H]1[C@]3(CO)CC[C@H](O[C@H]4O[C@H](CO)[C@H](O)[C@H](O)[C@@H]4O)C(C)(C)[C@@H]3CC[C@@]12C. The monoisotopic (exact) mass is 933 g/mol. The van der Waals surface area contributed by atoms with Crippen LogP contribution >= 0.6 is 0 Å². The summed E-state index contributed by atoms with van der Waals surface area (Å²) < 4.78 is 36.4. The largest absolute Gasteiger partial charge is 0.396 e. The number of fused-ring (bicyclic) bond motifs is 5. The third-order valence-electron chi connectivity index (χ3n) is 18.4. The molecule has 0 amide bonds. The lowest BCUT2D eigenvalue weighted by Gasteiger charge is -2.71. The minimum atomic E-state index is -1.70. The number of aliphatic hydroxyl groups is 12. The lowest BCUT2D eigenvalue weighted by atomic mass is 9.34. The summed E-state index contributed by atoms with van der Waals surface area (Å²) in [6, 6.07) is 0. The summed E-state index contributed by atoms with van der Waals surface area (Å²) in [7, 11) is 0. The molecule has 18 heteroatoms. The van der Waals surface area contributed by atoms with E-state index in [4.69, 9.17) is 28.4 Å². The van der Waals surface area contributed by atoms with Crippen molar-refractivity contribution in [1.29, 1.82) is 0 Å². The maximum Gasteiger partial charge on any atom is 0.187 e. The van der Waals surface area contributed by atoms with Gasteiger partial charge in [-0.1, -0.05) is 39.3 Å². The van der Waals surface area contributed by atoms with Gasteiger partial charge < -0.3 is 89.7 Å². The molecule has 3 aliphatic heterocycles. The molecule has 3 saturated heterocycles. The molecular formula is C47H80O18. The van der Waals surface area contributed by atoms with Crippen molar-refractivity contribution in [2.24, 2.45) is 45.3 Å². The number of ether oxygens (including phenoxy) is 6. The van der Waals surface area contributed by atoms with Gasteiger partial charge in [-0.2, -0.15) is 0 Å². The third-order valence-corrected chi connectivity index (χ3v) is 18.4. The predicted molar refractivity (Wildman–Crippen MR) is 229 cm³/mol. The van der Waals surface area contributed by atoms with Crippen LogP contribution in [0.2, 0.25) is 0 Å². The van der Waals surface area contributed by atoms with Crippen molar-refractivity contribution >= 4 is 0 Å². The Labute approximate surface area is 382 Å². The summed E-state index contributed by atoms with van der Waals surface area (Å²) in [4.78, 5) is 0. The van der Waals surface area contributed by atoms with E-state index in [9.17, 15) is 61.3 Å². The van der Waals surface area contributed by atoms with Crippen LogP contribution in [0.25, 0.3) is 0 Å². The van der Waals surface area contributed by atoms with Gasteiger partial charge in [0.05, 0.1) is 37.6 Å². The van der Waals surface area contributed by atoms with E-state index in [1.807, 2.05) is 20.8 Å². The van der Waals surface area contributed by atoms with E-state index in [0.29, 0.717) is 38.5 Å². The van der Waals surface area contributed by atoms with Crippen LogP contribution < -0.4 is 0 Å². The highest BCUT2D eigenvalue weighted by molar-refractivity contribution is 5.21. The highest BCUT2D eigenvalue weighted by Gasteiger charge is 2.73. The Kier molecular flexibility index (Phi) is 15.4. The van der Waals surface area contributed by atoms with Gasteiger partial charge in [-0.3, -0.25) is 0 Å². The van der Waals surface area contributed by atoms with Crippen molar-refractivity contribution in [1.82, 2.24) is 0 Å². The van der Waals surface area contributed by atoms with Gasteiger partial charge >= 0.3 is 0 Å². The fraction of sp³-hybridized carbons (Fsp3) is 0.957. The lowest BCUT2D eigenvalue weighted by molar-refractivity contribution is -0.346. The molecular weight excluding hydrogens is 852 g/mol. The van der Waals surface area contributed by atoms with Crippen LogP contribution in [-0.4, -0.2) is 192 Å². The normalized spacial score (nSPS) is 51.9. The molecule has 7 rings (SSSR count). The fourth-order valence-electron chi connectivity index (χ4n) is 14.5. The van der Waals surface area contributed by atoms with Gasteiger partial charge in [0.15, 0.2) is 18.9 Å². The number of rotatable bonds is 13. The molecule has 7 aliphatic rings. The summed E-state index contributed by atoms with van der Waals surface area (Å²) in [6.07, 6.45) is -14.1. The van der Waals surface area contributed by atoms with E-state index in [1.165, 1.54) is 0 Å². The first-order valence-corrected chi connectivity index (χ1v) is 24.0. The molecule has 4 saturated carbocycles. The van der Waals surface area contributed by atoms with Gasteiger partial charge in [0.1, 0.15) is 67.1 Å². The van der Waals surface area contributed by atoms with Crippen LogP contribution in [0.15, 0.2) is 11.6 Å². The molecule has 7 fully saturated rings. The fourth-order valence-corrected chi connectivity index (χ4v) is 14.5. The highest BCUT2D eigenvalue weighted by atomic mass is 16.7. The standard InChI is InChI=1S/C47H80O18/c1-22(2)9-8-13-46(7,65-42-39(59)36(56)34(54)27(63-42)20-61-40-37(57)32(52)25(51)19-60-40)23-10-14-45(6)31(23)24(50)17-29-44(45,5)15-11-28-43(3,4)30(12-16-47(28,29)21-49)64-41-38(58)35(55)33(53)26(18-48)62-41/h9,23-42,48-59H,8,10-21H2,1-7H3/t23-,24-,25-,26-,27+,28+,29-,30+,31-,32+,33+,34-,35+,36+,37-,38+,39-,40-,41-,42-,44+,45-,46+,47+/m1/s1. The summed E-state index contributed by atoms with van der Waals surface area (Å²) in [5, 5.41) is 130. The second-order valence-corrected chi connectivity index (χ2v) is 22.4. The molecule has 0 aromatic heterocycles. The van der Waals surface area contributed by atoms with Gasteiger partial charge in [0, 0.05) is 12.0 Å². The van der Waals surface area contributed by atoms with E-state index >= 15 is 0 Å². The summed E-state index contributed by atoms with van der Waals surface area (Å²) in [6.45, 7) is 13.4. The van der Waals surface area contributed by atoms with E-state index in [1.54, 1.807) is 0 Å². The van der Waals surface area contributed by atoms with Crippen molar-refractivity contribution < 1.29 is 89.7 Å². The zero-order chi connectivity index (χ0) is 47.8. The van der Waals surface area contributed by atoms with Gasteiger partial charge in [-0.15, -0.1) is 0 Å². The molecule has 0 unspecified atom stereocenters. The molecule has 0 aromatic carbocycles. The number of aliphatic hydroxyl groups excluding tert-OH is 12. The van der Waals surface area contributed by atoms with Gasteiger partial charge in [-0.05, 0) is 118 Å². The van der Waals surface area contributed by atoms with Crippen LogP contribution in [-0.2, 0) is 28.4 Å². The highest BCUT2D eigenvalue weighted by Crippen LogP contribution is 2.76. The zero-order valence-electron chi connectivity index (χ0n) is 39.1. The first-order chi connectivity index (χ1) is 30.4. The maximum absolute atomic E-state index is 12.7. The molecule has 65 heavy (non-hydrogen) atoms. The molecule has 0 radical (unpaired) electrons. The molecule has 376 valence electrons. The summed E-state index contributed by atoms with van der Waals surface area (Å²) in [5.41, 5.74) is -1.85. The molecule has 0 spiro atoms. The first kappa shape index (κ1) is 51.9. The van der Waals surface area contributed by atoms with Gasteiger partial charge in [0.25, 0.3) is 0 Å². The number of allylic oxidation sites excluding steroid dienone is 2. The van der Waals surface area contributed by atoms with Crippen molar-refractivity contribution in [3.63, 3.8) is 0 Å². The van der Waals surface area contributed by atoms with Crippen molar-refractivity contribution in [2.45, 2.75) is 210 Å². The van der Waals surface area contributed by atoms with E-state index in [-0.39, 0.29) is 42.3 Å². The Hall–Kier alpha value is -0.980. The van der Waals surface area contributed by atoms with E-state index in [2.05, 4.69) is 33.8 Å². The second kappa shape index (κ2) is 19.3. The molecule has 18 nitrogen and oxygen atoms in total. The third kappa shape index (κ3) is 8.83. The van der Waals surface area contributed by atoms with Crippen LogP contribution in [0.4, 0.5) is 0 Å². The molecule has 24 atom stereocenters. The smallest absolute Gasteiger partial charge is 0.187 e. The van der Waals surface area contributed by atoms with Crippen LogP contribution in [0.1, 0.15) is 106 Å². The first-order valence-electron chi connectivity index (χ1n) is 24.0. The number of hydrogen-bond acceptors (Lipinski definition) is 18. The Morgan fingerprint density at radius 3 is 1.94 bits per heavy atom. The topological polar surface area (TPSA) is 298 Å². The Balaban J connectivity index is 1.12. The minimum absolute atomic E-state index is 0.0582. The van der Waals surface area contributed by atoms with Crippen molar-refractivity contribution in [2.75, 3.05) is 26.4 Å². The lowest BCUT2D eigenvalue weighted by Crippen LogP contribution is -2.69.